The van der Waals surface area contributed by atoms with E-state index in [4.69, 9.17) is 11.6 Å². The maximum atomic E-state index is 12.9. The number of hydrogen-bond acceptors (Lipinski definition) is 3. The SMILES string of the molecule is Cn1c(=O)n(C)c2cc(N3CCCCC3)c(NC(=O)c3ccccc3Cl)cc21. The Morgan fingerprint density at radius 1 is 1.00 bits per heavy atom. The Bertz CT molecular complexity index is 1110. The van der Waals surface area contributed by atoms with Crippen molar-refractivity contribution in [1.82, 2.24) is 9.13 Å². The molecule has 7 heteroatoms. The molecule has 28 heavy (non-hydrogen) atoms. The van der Waals surface area contributed by atoms with Crippen LogP contribution < -0.4 is 15.9 Å². The van der Waals surface area contributed by atoms with Crippen LogP contribution >= 0.6 is 11.6 Å². The Morgan fingerprint density at radius 2 is 1.64 bits per heavy atom. The number of carbonyl (C=O) groups excluding carboxylic acids is 1. The number of imidazole rings is 1. The Kier molecular flexibility index (Phi) is 4.89. The predicted octanol–water partition coefficient (Wildman–Crippen LogP) is 3.77. The Hall–Kier alpha value is -2.73. The van der Waals surface area contributed by atoms with Crippen LogP contribution in [0.25, 0.3) is 11.0 Å². The van der Waals surface area contributed by atoms with Gasteiger partial charge in [-0.1, -0.05) is 23.7 Å². The lowest BCUT2D eigenvalue weighted by Gasteiger charge is -2.30. The number of nitrogens with one attached hydrogen (secondary N) is 1. The fourth-order valence-corrected chi connectivity index (χ4v) is 4.09. The highest BCUT2D eigenvalue weighted by atomic mass is 35.5. The molecule has 6 nitrogen and oxygen atoms in total. The number of piperidine rings is 1. The fraction of sp³-hybridized carbons (Fsp3) is 0.333. The Balaban J connectivity index is 1.82. The van der Waals surface area contributed by atoms with Crippen molar-refractivity contribution in [3.05, 3.63) is 57.5 Å². The van der Waals surface area contributed by atoms with Gasteiger partial charge in [-0.25, -0.2) is 4.79 Å². The molecule has 3 aromatic rings. The number of aryl methyl sites for hydroxylation is 2. The van der Waals surface area contributed by atoms with E-state index in [1.54, 1.807) is 47.5 Å². The molecule has 1 saturated heterocycles. The maximum Gasteiger partial charge on any atom is 0.328 e. The van der Waals surface area contributed by atoms with Gasteiger partial charge in [-0.15, -0.1) is 0 Å². The smallest absolute Gasteiger partial charge is 0.328 e. The monoisotopic (exact) mass is 398 g/mol. The molecule has 0 spiro atoms. The van der Waals surface area contributed by atoms with E-state index in [9.17, 15) is 9.59 Å². The quantitative estimate of drug-likeness (QED) is 0.730. The number of carbonyl (C=O) groups is 1. The molecule has 1 N–H and O–H groups in total. The van der Waals surface area contributed by atoms with Gasteiger partial charge in [0.25, 0.3) is 5.91 Å². The lowest BCUT2D eigenvalue weighted by atomic mass is 10.1. The van der Waals surface area contributed by atoms with E-state index in [-0.39, 0.29) is 11.6 Å². The van der Waals surface area contributed by atoms with Crippen molar-refractivity contribution >= 4 is 39.9 Å². The largest absolute Gasteiger partial charge is 0.370 e. The first-order chi connectivity index (χ1) is 13.5. The van der Waals surface area contributed by atoms with Gasteiger partial charge < -0.3 is 10.2 Å². The van der Waals surface area contributed by atoms with E-state index in [1.165, 1.54) is 6.42 Å². The lowest BCUT2D eigenvalue weighted by molar-refractivity contribution is 0.102. The molecule has 0 radical (unpaired) electrons. The summed E-state index contributed by atoms with van der Waals surface area (Å²) in [6.45, 7) is 1.86. The van der Waals surface area contributed by atoms with Crippen molar-refractivity contribution in [3.8, 4) is 0 Å². The average Bonchev–Trinajstić information content (AvgIpc) is 2.92. The third-order valence-corrected chi connectivity index (χ3v) is 5.78. The number of fused-ring (bicyclic) bond motifs is 1. The van der Waals surface area contributed by atoms with Crippen molar-refractivity contribution in [3.63, 3.8) is 0 Å². The van der Waals surface area contributed by atoms with Crippen molar-refractivity contribution in [1.29, 1.82) is 0 Å². The van der Waals surface area contributed by atoms with Crippen molar-refractivity contribution in [2.45, 2.75) is 19.3 Å². The van der Waals surface area contributed by atoms with Crippen molar-refractivity contribution in [2.75, 3.05) is 23.3 Å². The molecular weight excluding hydrogens is 376 g/mol. The van der Waals surface area contributed by atoms with Gasteiger partial charge in [-0.05, 0) is 43.5 Å². The molecule has 0 bridgehead atoms. The summed E-state index contributed by atoms with van der Waals surface area (Å²) in [4.78, 5) is 27.5. The van der Waals surface area contributed by atoms with E-state index in [1.807, 2.05) is 12.1 Å². The second kappa shape index (κ2) is 7.36. The fourth-order valence-electron chi connectivity index (χ4n) is 3.87. The summed E-state index contributed by atoms with van der Waals surface area (Å²) in [6.07, 6.45) is 3.44. The molecule has 2 heterocycles. The molecular formula is C21H23ClN4O2. The number of nitrogens with zero attached hydrogens (tertiary/aromatic N) is 3. The van der Waals surface area contributed by atoms with Crippen LogP contribution in [0, 0.1) is 0 Å². The summed E-state index contributed by atoms with van der Waals surface area (Å²) < 4.78 is 3.24. The molecule has 1 aromatic heterocycles. The van der Waals surface area contributed by atoms with Gasteiger partial charge in [0, 0.05) is 27.2 Å². The molecule has 0 atom stereocenters. The van der Waals surface area contributed by atoms with Crippen LogP contribution in [-0.2, 0) is 14.1 Å². The Labute approximate surface area is 168 Å². The summed E-state index contributed by atoms with van der Waals surface area (Å²) in [5.74, 6) is -0.260. The topological polar surface area (TPSA) is 59.3 Å². The first-order valence-electron chi connectivity index (χ1n) is 9.47. The van der Waals surface area contributed by atoms with Crippen molar-refractivity contribution < 1.29 is 4.79 Å². The van der Waals surface area contributed by atoms with E-state index in [0.717, 1.165) is 42.7 Å². The van der Waals surface area contributed by atoms with Crippen LogP contribution in [0.1, 0.15) is 29.6 Å². The molecule has 4 rings (SSSR count). The van der Waals surface area contributed by atoms with Gasteiger partial charge in [0.2, 0.25) is 0 Å². The first kappa shape index (κ1) is 18.6. The molecule has 0 unspecified atom stereocenters. The third kappa shape index (κ3) is 3.18. The average molecular weight is 399 g/mol. The van der Waals surface area contributed by atoms with Crippen LogP contribution in [0.5, 0.6) is 0 Å². The summed E-state index contributed by atoms with van der Waals surface area (Å²) in [5.41, 5.74) is 3.60. The zero-order valence-corrected chi connectivity index (χ0v) is 16.8. The van der Waals surface area contributed by atoms with Crippen molar-refractivity contribution in [2.24, 2.45) is 14.1 Å². The normalized spacial score (nSPS) is 14.5. The summed E-state index contributed by atoms with van der Waals surface area (Å²) in [5, 5.41) is 3.43. The van der Waals surface area contributed by atoms with Crippen LogP contribution in [0.4, 0.5) is 11.4 Å². The highest BCUT2D eigenvalue weighted by molar-refractivity contribution is 6.34. The molecule has 1 amide bonds. The molecule has 1 aliphatic rings. The van der Waals surface area contributed by atoms with Gasteiger partial charge in [-0.3, -0.25) is 13.9 Å². The zero-order chi connectivity index (χ0) is 19.8. The highest BCUT2D eigenvalue weighted by Crippen LogP contribution is 2.33. The summed E-state index contributed by atoms with van der Waals surface area (Å²) in [7, 11) is 3.51. The standard InChI is InChI=1S/C21H23ClN4O2/c1-24-18-12-16(23-20(27)14-8-4-5-9-15(14)22)17(26-10-6-3-7-11-26)13-19(18)25(2)21(24)28/h4-5,8-9,12-13H,3,6-7,10-11H2,1-2H3,(H,23,27). The maximum absolute atomic E-state index is 12.9. The second-order valence-corrected chi connectivity index (χ2v) is 7.65. The molecule has 1 aliphatic heterocycles. The molecule has 0 saturated carbocycles. The number of anilines is 2. The van der Waals surface area contributed by atoms with Gasteiger partial charge in [-0.2, -0.15) is 0 Å². The molecule has 2 aromatic carbocycles. The first-order valence-corrected chi connectivity index (χ1v) is 9.85. The molecule has 146 valence electrons. The highest BCUT2D eigenvalue weighted by Gasteiger charge is 2.20. The van der Waals surface area contributed by atoms with Gasteiger partial charge in [0.15, 0.2) is 0 Å². The number of halogens is 1. The van der Waals surface area contributed by atoms with Crippen LogP contribution in [-0.4, -0.2) is 28.1 Å². The number of rotatable bonds is 3. The number of amides is 1. The Morgan fingerprint density at radius 3 is 2.32 bits per heavy atom. The second-order valence-electron chi connectivity index (χ2n) is 7.24. The summed E-state index contributed by atoms with van der Waals surface area (Å²) in [6, 6.07) is 10.9. The summed E-state index contributed by atoms with van der Waals surface area (Å²) >= 11 is 6.20. The van der Waals surface area contributed by atoms with Gasteiger partial charge in [0.1, 0.15) is 0 Å². The van der Waals surface area contributed by atoms with Crippen LogP contribution in [0.2, 0.25) is 5.02 Å². The van der Waals surface area contributed by atoms with E-state index < -0.39 is 0 Å². The minimum Gasteiger partial charge on any atom is -0.370 e. The number of benzene rings is 2. The molecule has 0 aliphatic carbocycles. The zero-order valence-electron chi connectivity index (χ0n) is 16.0. The molecule has 1 fully saturated rings. The third-order valence-electron chi connectivity index (χ3n) is 5.45. The predicted molar refractivity (Wildman–Crippen MR) is 114 cm³/mol. The minimum atomic E-state index is -0.260. The van der Waals surface area contributed by atoms with Gasteiger partial charge >= 0.3 is 5.69 Å². The van der Waals surface area contributed by atoms with Crippen LogP contribution in [0.15, 0.2) is 41.2 Å². The lowest BCUT2D eigenvalue weighted by Crippen LogP contribution is -2.30. The van der Waals surface area contributed by atoms with Crippen LogP contribution in [0.3, 0.4) is 0 Å². The van der Waals surface area contributed by atoms with E-state index >= 15 is 0 Å². The number of hydrogen-bond donors (Lipinski definition) is 1. The minimum absolute atomic E-state index is 0.0887. The number of aromatic nitrogens is 2. The van der Waals surface area contributed by atoms with Gasteiger partial charge in [0.05, 0.1) is 33.0 Å². The van der Waals surface area contributed by atoms with E-state index in [0.29, 0.717) is 16.3 Å². The van der Waals surface area contributed by atoms with E-state index in [2.05, 4.69) is 10.2 Å².